The molecule has 0 bridgehead atoms. The van der Waals surface area contributed by atoms with Gasteiger partial charge in [0.2, 0.25) is 11.8 Å². The van der Waals surface area contributed by atoms with Crippen molar-refractivity contribution in [3.05, 3.63) is 65.2 Å². The van der Waals surface area contributed by atoms with Gasteiger partial charge in [-0.3, -0.25) is 9.59 Å². The van der Waals surface area contributed by atoms with E-state index in [0.29, 0.717) is 25.3 Å². The molecule has 2 aromatic carbocycles. The van der Waals surface area contributed by atoms with Gasteiger partial charge < -0.3 is 10.2 Å². The smallest absolute Gasteiger partial charge is 0.242 e. The summed E-state index contributed by atoms with van der Waals surface area (Å²) in [6.45, 7) is 9.11. The van der Waals surface area contributed by atoms with Gasteiger partial charge in [0, 0.05) is 30.2 Å². The van der Waals surface area contributed by atoms with Crippen LogP contribution in [-0.4, -0.2) is 35.1 Å². The summed E-state index contributed by atoms with van der Waals surface area (Å²) >= 11 is 1.67. The standard InChI is InChI=1S/C25H34N2O2S/c1-5-6-16-26-25(29)21(4)27(18-22-11-7-19(2)8-12-22)24(28)15-17-30-23-13-9-20(3)10-14-23/h7-14,21H,5-6,15-18H2,1-4H3,(H,26,29). The first kappa shape index (κ1) is 24.0. The van der Waals surface area contributed by atoms with Crippen LogP contribution < -0.4 is 5.32 Å². The Morgan fingerprint density at radius 3 is 2.20 bits per heavy atom. The van der Waals surface area contributed by atoms with E-state index in [2.05, 4.69) is 43.4 Å². The second kappa shape index (κ2) is 12.4. The molecule has 1 N–H and O–H groups in total. The van der Waals surface area contributed by atoms with Crippen LogP contribution in [0.3, 0.4) is 0 Å². The number of benzene rings is 2. The van der Waals surface area contributed by atoms with E-state index < -0.39 is 6.04 Å². The van der Waals surface area contributed by atoms with Gasteiger partial charge in [-0.15, -0.1) is 11.8 Å². The molecule has 30 heavy (non-hydrogen) atoms. The minimum Gasteiger partial charge on any atom is -0.354 e. The highest BCUT2D eigenvalue weighted by molar-refractivity contribution is 7.99. The third kappa shape index (κ3) is 7.86. The van der Waals surface area contributed by atoms with Crippen molar-refractivity contribution in [2.75, 3.05) is 12.3 Å². The maximum atomic E-state index is 13.1. The highest BCUT2D eigenvalue weighted by Gasteiger charge is 2.25. The summed E-state index contributed by atoms with van der Waals surface area (Å²) in [6, 6.07) is 16.0. The maximum Gasteiger partial charge on any atom is 0.242 e. The second-order valence-electron chi connectivity index (χ2n) is 7.74. The molecule has 2 amide bonds. The first-order valence-corrected chi connectivity index (χ1v) is 11.7. The van der Waals surface area contributed by atoms with Crippen molar-refractivity contribution in [1.29, 1.82) is 0 Å². The Morgan fingerprint density at radius 1 is 1.00 bits per heavy atom. The average Bonchev–Trinajstić information content (AvgIpc) is 2.74. The number of carbonyl (C=O) groups is 2. The van der Waals surface area contributed by atoms with Crippen molar-refractivity contribution in [1.82, 2.24) is 10.2 Å². The van der Waals surface area contributed by atoms with Gasteiger partial charge in [0.15, 0.2) is 0 Å². The molecule has 5 heteroatoms. The Kier molecular flexibility index (Phi) is 9.95. The van der Waals surface area contributed by atoms with Gasteiger partial charge in [0.05, 0.1) is 0 Å². The van der Waals surface area contributed by atoms with Crippen LogP contribution in [0.4, 0.5) is 0 Å². The van der Waals surface area contributed by atoms with E-state index in [1.165, 1.54) is 11.1 Å². The summed E-state index contributed by atoms with van der Waals surface area (Å²) in [6.07, 6.45) is 2.37. The third-order valence-electron chi connectivity index (χ3n) is 5.08. The molecule has 0 heterocycles. The Morgan fingerprint density at radius 2 is 1.60 bits per heavy atom. The summed E-state index contributed by atoms with van der Waals surface area (Å²) < 4.78 is 0. The number of amides is 2. The molecule has 0 aliphatic carbocycles. The number of hydrogen-bond donors (Lipinski definition) is 1. The first-order valence-electron chi connectivity index (χ1n) is 10.7. The number of aryl methyl sites for hydroxylation is 2. The number of rotatable bonds is 11. The molecule has 4 nitrogen and oxygen atoms in total. The molecule has 0 radical (unpaired) electrons. The molecule has 0 spiro atoms. The number of nitrogens with one attached hydrogen (secondary N) is 1. The van der Waals surface area contributed by atoms with Crippen LogP contribution in [-0.2, 0) is 16.1 Å². The van der Waals surface area contributed by atoms with Gasteiger partial charge in [0.25, 0.3) is 0 Å². The van der Waals surface area contributed by atoms with Crippen molar-refractivity contribution < 1.29 is 9.59 Å². The first-order chi connectivity index (χ1) is 14.4. The summed E-state index contributed by atoms with van der Waals surface area (Å²) in [5.74, 6) is 0.611. The molecular formula is C25H34N2O2S. The van der Waals surface area contributed by atoms with Crippen LogP contribution in [0.1, 0.15) is 49.8 Å². The van der Waals surface area contributed by atoms with Gasteiger partial charge in [-0.25, -0.2) is 0 Å². The molecule has 1 atom stereocenters. The van der Waals surface area contributed by atoms with Crippen molar-refractivity contribution in [2.24, 2.45) is 0 Å². The van der Waals surface area contributed by atoms with Gasteiger partial charge in [0.1, 0.15) is 6.04 Å². The van der Waals surface area contributed by atoms with Crippen LogP contribution in [0.15, 0.2) is 53.4 Å². The van der Waals surface area contributed by atoms with Crippen molar-refractivity contribution in [2.45, 2.75) is 64.4 Å². The van der Waals surface area contributed by atoms with E-state index in [9.17, 15) is 9.59 Å². The fraction of sp³-hybridized carbons (Fsp3) is 0.440. The fourth-order valence-corrected chi connectivity index (χ4v) is 3.88. The zero-order valence-electron chi connectivity index (χ0n) is 18.6. The molecule has 0 fully saturated rings. The molecule has 0 aliphatic heterocycles. The maximum absolute atomic E-state index is 13.1. The predicted octanol–water partition coefficient (Wildman–Crippen LogP) is 5.12. The zero-order chi connectivity index (χ0) is 21.9. The highest BCUT2D eigenvalue weighted by atomic mass is 32.2. The highest BCUT2D eigenvalue weighted by Crippen LogP contribution is 2.20. The van der Waals surface area contributed by atoms with Crippen molar-refractivity contribution in [3.8, 4) is 0 Å². The van der Waals surface area contributed by atoms with E-state index in [0.717, 1.165) is 23.3 Å². The average molecular weight is 427 g/mol. The lowest BCUT2D eigenvalue weighted by Crippen LogP contribution is -2.47. The Balaban J connectivity index is 2.02. The number of thioether (sulfide) groups is 1. The summed E-state index contributed by atoms with van der Waals surface area (Å²) in [5, 5.41) is 2.96. The Labute approximate surface area is 185 Å². The summed E-state index contributed by atoms with van der Waals surface area (Å²) in [7, 11) is 0. The van der Waals surface area contributed by atoms with Gasteiger partial charge >= 0.3 is 0 Å². The predicted molar refractivity (Wildman–Crippen MR) is 126 cm³/mol. The Hall–Kier alpha value is -2.27. The largest absolute Gasteiger partial charge is 0.354 e. The summed E-state index contributed by atoms with van der Waals surface area (Å²) in [5.41, 5.74) is 3.44. The SMILES string of the molecule is CCCCNC(=O)C(C)N(Cc1ccc(C)cc1)C(=O)CCSc1ccc(C)cc1. The minimum atomic E-state index is -0.500. The molecule has 0 aromatic heterocycles. The number of nitrogens with zero attached hydrogens (tertiary/aromatic N) is 1. The minimum absolute atomic E-state index is 0.00771. The quantitative estimate of drug-likeness (QED) is 0.401. The fourth-order valence-electron chi connectivity index (χ4n) is 3.04. The van der Waals surface area contributed by atoms with E-state index >= 15 is 0 Å². The molecule has 162 valence electrons. The van der Waals surface area contributed by atoms with Crippen molar-refractivity contribution >= 4 is 23.6 Å². The van der Waals surface area contributed by atoms with Gasteiger partial charge in [-0.1, -0.05) is 60.9 Å². The van der Waals surface area contributed by atoms with Gasteiger partial charge in [-0.2, -0.15) is 0 Å². The lowest BCUT2D eigenvalue weighted by Gasteiger charge is -2.29. The van der Waals surface area contributed by atoms with E-state index in [-0.39, 0.29) is 11.8 Å². The number of carbonyl (C=O) groups excluding carboxylic acids is 2. The van der Waals surface area contributed by atoms with Crippen LogP contribution in [0.2, 0.25) is 0 Å². The second-order valence-corrected chi connectivity index (χ2v) is 8.91. The lowest BCUT2D eigenvalue weighted by atomic mass is 10.1. The number of hydrogen-bond acceptors (Lipinski definition) is 3. The monoisotopic (exact) mass is 426 g/mol. The molecule has 0 aliphatic rings. The lowest BCUT2D eigenvalue weighted by molar-refractivity contribution is -0.140. The van der Waals surface area contributed by atoms with Crippen LogP contribution in [0.5, 0.6) is 0 Å². The van der Waals surface area contributed by atoms with Crippen LogP contribution in [0, 0.1) is 13.8 Å². The molecular weight excluding hydrogens is 392 g/mol. The topological polar surface area (TPSA) is 49.4 Å². The molecule has 2 aromatic rings. The molecule has 0 saturated heterocycles. The molecule has 1 unspecified atom stereocenters. The van der Waals surface area contributed by atoms with Crippen molar-refractivity contribution in [3.63, 3.8) is 0 Å². The molecule has 0 saturated carbocycles. The van der Waals surface area contributed by atoms with E-state index in [1.807, 2.05) is 38.1 Å². The molecule has 2 rings (SSSR count). The third-order valence-corrected chi connectivity index (χ3v) is 6.09. The normalized spacial score (nSPS) is 11.7. The van der Waals surface area contributed by atoms with Crippen LogP contribution >= 0.6 is 11.8 Å². The number of unbranched alkanes of at least 4 members (excludes halogenated alkanes) is 1. The Bertz CT molecular complexity index is 803. The van der Waals surface area contributed by atoms with Crippen LogP contribution in [0.25, 0.3) is 0 Å². The van der Waals surface area contributed by atoms with Gasteiger partial charge in [-0.05, 0) is 44.9 Å². The van der Waals surface area contributed by atoms with E-state index in [4.69, 9.17) is 0 Å². The summed E-state index contributed by atoms with van der Waals surface area (Å²) in [4.78, 5) is 28.6. The zero-order valence-corrected chi connectivity index (χ0v) is 19.4. The van der Waals surface area contributed by atoms with E-state index in [1.54, 1.807) is 16.7 Å².